The second-order valence-corrected chi connectivity index (χ2v) is 4.33. The van der Waals surface area contributed by atoms with Crippen LogP contribution in [0, 0.1) is 0 Å². The Hall–Kier alpha value is -1.07. The number of hydrogen-bond donors (Lipinski definition) is 0. The van der Waals surface area contributed by atoms with Gasteiger partial charge in [-0.05, 0) is 12.5 Å². The first-order valence-corrected chi connectivity index (χ1v) is 6.20. The molecule has 92 valence electrons. The van der Waals surface area contributed by atoms with Gasteiger partial charge in [0.05, 0.1) is 19.8 Å². The zero-order valence-corrected chi connectivity index (χ0v) is 10.4. The number of morpholine rings is 1. The largest absolute Gasteiger partial charge is 0.478 e. The highest BCUT2D eigenvalue weighted by molar-refractivity contribution is 6.32. The standard InChI is InChI=1S/C12H19BN2O2/c13-11-2-3-12(14-10-11)17-7-1-4-15-5-8-16-9-6-15/h2-3,10H,1,4-9,13H2. The highest BCUT2D eigenvalue weighted by Crippen LogP contribution is 2.03. The van der Waals surface area contributed by atoms with Gasteiger partial charge in [0.1, 0.15) is 7.85 Å². The normalized spacial score (nSPS) is 16.9. The van der Waals surface area contributed by atoms with Gasteiger partial charge in [-0.3, -0.25) is 4.90 Å². The lowest BCUT2D eigenvalue weighted by Crippen LogP contribution is -2.37. The van der Waals surface area contributed by atoms with E-state index >= 15 is 0 Å². The number of aromatic nitrogens is 1. The highest BCUT2D eigenvalue weighted by atomic mass is 16.5. The first kappa shape index (κ1) is 12.4. The van der Waals surface area contributed by atoms with Gasteiger partial charge < -0.3 is 9.47 Å². The predicted molar refractivity (Wildman–Crippen MR) is 69.8 cm³/mol. The van der Waals surface area contributed by atoms with E-state index in [1.54, 1.807) is 0 Å². The fourth-order valence-corrected chi connectivity index (χ4v) is 1.83. The Balaban J connectivity index is 1.60. The van der Waals surface area contributed by atoms with Gasteiger partial charge in [-0.15, -0.1) is 0 Å². The molecule has 5 heteroatoms. The molecule has 0 unspecified atom stereocenters. The summed E-state index contributed by atoms with van der Waals surface area (Å²) in [6.45, 7) is 5.62. The molecule has 2 heterocycles. The fraction of sp³-hybridized carbons (Fsp3) is 0.583. The molecule has 0 atom stereocenters. The summed E-state index contributed by atoms with van der Waals surface area (Å²) >= 11 is 0. The van der Waals surface area contributed by atoms with Crippen molar-refractivity contribution in [1.82, 2.24) is 9.88 Å². The zero-order valence-electron chi connectivity index (χ0n) is 10.4. The first-order chi connectivity index (χ1) is 8.34. The van der Waals surface area contributed by atoms with Crippen LogP contribution in [0.4, 0.5) is 0 Å². The van der Waals surface area contributed by atoms with Crippen LogP contribution in [0.3, 0.4) is 0 Å². The summed E-state index contributed by atoms with van der Waals surface area (Å²) in [5.41, 5.74) is 1.16. The Morgan fingerprint density at radius 2 is 2.18 bits per heavy atom. The number of nitrogens with zero attached hydrogens (tertiary/aromatic N) is 2. The van der Waals surface area contributed by atoms with E-state index in [1.807, 2.05) is 26.2 Å². The van der Waals surface area contributed by atoms with Crippen LogP contribution < -0.4 is 10.2 Å². The minimum atomic E-state index is 0.720. The molecule has 1 aliphatic heterocycles. The van der Waals surface area contributed by atoms with Crippen molar-refractivity contribution in [1.29, 1.82) is 0 Å². The van der Waals surface area contributed by atoms with E-state index < -0.39 is 0 Å². The average Bonchev–Trinajstić information content (AvgIpc) is 2.38. The lowest BCUT2D eigenvalue weighted by Gasteiger charge is -2.26. The Morgan fingerprint density at radius 1 is 1.35 bits per heavy atom. The fourth-order valence-electron chi connectivity index (χ4n) is 1.83. The predicted octanol–water partition coefficient (Wildman–Crippen LogP) is -0.559. The summed E-state index contributed by atoms with van der Waals surface area (Å²) in [4.78, 5) is 6.62. The highest BCUT2D eigenvalue weighted by Gasteiger charge is 2.09. The van der Waals surface area contributed by atoms with E-state index in [-0.39, 0.29) is 0 Å². The van der Waals surface area contributed by atoms with E-state index in [4.69, 9.17) is 9.47 Å². The van der Waals surface area contributed by atoms with Gasteiger partial charge in [0.25, 0.3) is 0 Å². The second kappa shape index (κ2) is 6.62. The maximum Gasteiger partial charge on any atom is 0.213 e. The van der Waals surface area contributed by atoms with Crippen molar-refractivity contribution in [2.75, 3.05) is 39.5 Å². The third-order valence-corrected chi connectivity index (χ3v) is 2.86. The van der Waals surface area contributed by atoms with E-state index in [0.717, 1.165) is 57.2 Å². The van der Waals surface area contributed by atoms with E-state index in [9.17, 15) is 0 Å². The number of hydrogen-bond acceptors (Lipinski definition) is 4. The molecule has 2 rings (SSSR count). The van der Waals surface area contributed by atoms with Crippen molar-refractivity contribution in [3.8, 4) is 5.88 Å². The van der Waals surface area contributed by atoms with Crippen LogP contribution in [0.15, 0.2) is 18.3 Å². The second-order valence-electron chi connectivity index (χ2n) is 4.33. The lowest BCUT2D eigenvalue weighted by atomic mass is 9.99. The van der Waals surface area contributed by atoms with E-state index in [2.05, 4.69) is 9.88 Å². The van der Waals surface area contributed by atoms with Crippen molar-refractivity contribution in [3.05, 3.63) is 18.3 Å². The first-order valence-electron chi connectivity index (χ1n) is 6.20. The van der Waals surface area contributed by atoms with Gasteiger partial charge in [-0.1, -0.05) is 11.5 Å². The topological polar surface area (TPSA) is 34.6 Å². The Morgan fingerprint density at radius 3 is 2.88 bits per heavy atom. The number of ether oxygens (including phenoxy) is 2. The molecular weight excluding hydrogens is 215 g/mol. The smallest absolute Gasteiger partial charge is 0.213 e. The number of rotatable bonds is 5. The lowest BCUT2D eigenvalue weighted by molar-refractivity contribution is 0.0357. The quantitative estimate of drug-likeness (QED) is 0.505. The van der Waals surface area contributed by atoms with E-state index in [0.29, 0.717) is 0 Å². The van der Waals surface area contributed by atoms with Crippen molar-refractivity contribution >= 4 is 13.3 Å². The Bertz CT molecular complexity index is 326. The average molecular weight is 234 g/mol. The molecule has 0 aromatic carbocycles. The molecule has 0 amide bonds. The molecule has 1 aromatic heterocycles. The molecule has 4 nitrogen and oxygen atoms in total. The van der Waals surface area contributed by atoms with Crippen LogP contribution in [0.5, 0.6) is 5.88 Å². The van der Waals surface area contributed by atoms with Gasteiger partial charge in [0.2, 0.25) is 5.88 Å². The van der Waals surface area contributed by atoms with Gasteiger partial charge >= 0.3 is 0 Å². The molecule has 0 aliphatic carbocycles. The van der Waals surface area contributed by atoms with Crippen LogP contribution in [-0.4, -0.2) is 57.2 Å². The summed E-state index contributed by atoms with van der Waals surface area (Å²) in [6.07, 6.45) is 2.87. The zero-order chi connectivity index (χ0) is 11.9. The molecular formula is C12H19BN2O2. The SMILES string of the molecule is Bc1ccc(OCCCN2CCOCC2)nc1. The molecule has 0 N–H and O–H groups in total. The molecule has 0 saturated carbocycles. The summed E-state index contributed by atoms with van der Waals surface area (Å²) in [5.74, 6) is 0.720. The summed E-state index contributed by atoms with van der Waals surface area (Å²) in [6, 6.07) is 3.94. The monoisotopic (exact) mass is 234 g/mol. The third kappa shape index (κ3) is 4.36. The molecule has 1 aromatic rings. The summed E-state index contributed by atoms with van der Waals surface area (Å²) in [7, 11) is 2.02. The van der Waals surface area contributed by atoms with E-state index in [1.165, 1.54) is 0 Å². The summed E-state index contributed by atoms with van der Waals surface area (Å²) in [5, 5.41) is 0. The molecule has 1 aliphatic rings. The van der Waals surface area contributed by atoms with Gasteiger partial charge in [-0.2, -0.15) is 0 Å². The minimum Gasteiger partial charge on any atom is -0.478 e. The van der Waals surface area contributed by atoms with Gasteiger partial charge in [0.15, 0.2) is 0 Å². The Labute approximate surface area is 103 Å². The number of pyridine rings is 1. The molecule has 1 fully saturated rings. The minimum absolute atomic E-state index is 0.720. The third-order valence-electron chi connectivity index (χ3n) is 2.86. The molecule has 0 bridgehead atoms. The van der Waals surface area contributed by atoms with Crippen LogP contribution in [-0.2, 0) is 4.74 Å². The van der Waals surface area contributed by atoms with Gasteiger partial charge in [-0.25, -0.2) is 4.98 Å². The van der Waals surface area contributed by atoms with Crippen LogP contribution in [0.25, 0.3) is 0 Å². The maximum absolute atomic E-state index is 5.58. The van der Waals surface area contributed by atoms with Crippen molar-refractivity contribution in [2.45, 2.75) is 6.42 Å². The molecule has 0 radical (unpaired) electrons. The van der Waals surface area contributed by atoms with Crippen molar-refractivity contribution in [2.24, 2.45) is 0 Å². The summed E-state index contributed by atoms with van der Waals surface area (Å²) < 4.78 is 10.9. The molecule has 17 heavy (non-hydrogen) atoms. The van der Waals surface area contributed by atoms with Crippen LogP contribution >= 0.6 is 0 Å². The maximum atomic E-state index is 5.58. The van der Waals surface area contributed by atoms with Crippen molar-refractivity contribution in [3.63, 3.8) is 0 Å². The Kier molecular flexibility index (Phi) is 4.82. The molecule has 0 spiro atoms. The molecule has 1 saturated heterocycles. The van der Waals surface area contributed by atoms with Crippen molar-refractivity contribution < 1.29 is 9.47 Å². The van der Waals surface area contributed by atoms with Gasteiger partial charge in [0, 0.05) is 25.8 Å². The van der Waals surface area contributed by atoms with Crippen LogP contribution in [0.1, 0.15) is 6.42 Å². The van der Waals surface area contributed by atoms with Crippen LogP contribution in [0.2, 0.25) is 0 Å².